The molecule has 0 saturated heterocycles. The molecular weight excluding hydrogens is 482 g/mol. The van der Waals surface area contributed by atoms with Crippen molar-refractivity contribution in [1.29, 1.82) is 0 Å². The van der Waals surface area contributed by atoms with Crippen LogP contribution in [0.5, 0.6) is 0 Å². The predicted octanol–water partition coefficient (Wildman–Crippen LogP) is 10.7. The molecule has 0 radical (unpaired) electrons. The van der Waals surface area contributed by atoms with Gasteiger partial charge in [0.15, 0.2) is 0 Å². The third-order valence-corrected chi connectivity index (χ3v) is 7.93. The zero-order valence-electron chi connectivity index (χ0n) is 24.6. The van der Waals surface area contributed by atoms with Crippen LogP contribution in [-0.2, 0) is 11.8 Å². The largest absolute Gasteiger partial charge is 0.266 e. The standard InChI is InChI=1S/C39H43N/c1-6-9-10-11-17-34(40-28-7-2)26-22-31-15-14-16-33(29-31)32-24-20-30(21-25-32)23-27-36-35-18-12-13-19-38(35)39(4,5)37(36)8-3/h6,8-16,18-21,23-29,36-37H,3,7,17,22H2,1-2,4-5H3/b9-6-,11-10-,27-23+,34-26-,40-28-. The van der Waals surface area contributed by atoms with Crippen LogP contribution in [0, 0.1) is 5.92 Å². The molecule has 0 heterocycles. The molecule has 3 aromatic carbocycles. The molecule has 4 rings (SSSR count). The van der Waals surface area contributed by atoms with E-state index < -0.39 is 0 Å². The Hall–Kier alpha value is -3.97. The van der Waals surface area contributed by atoms with Crippen LogP contribution in [0.1, 0.15) is 68.7 Å². The van der Waals surface area contributed by atoms with E-state index in [2.05, 4.69) is 148 Å². The fraction of sp³-hybridized carbons (Fsp3) is 0.256. The molecule has 0 saturated carbocycles. The third-order valence-electron chi connectivity index (χ3n) is 7.93. The van der Waals surface area contributed by atoms with Crippen molar-refractivity contribution < 1.29 is 0 Å². The zero-order chi connectivity index (χ0) is 28.4. The maximum absolute atomic E-state index is 4.67. The summed E-state index contributed by atoms with van der Waals surface area (Å²) in [5.74, 6) is 0.729. The highest BCUT2D eigenvalue weighted by Gasteiger charge is 2.43. The molecule has 0 N–H and O–H groups in total. The van der Waals surface area contributed by atoms with E-state index >= 15 is 0 Å². The lowest BCUT2D eigenvalue weighted by Gasteiger charge is -2.27. The lowest BCUT2D eigenvalue weighted by atomic mass is 9.76. The molecule has 3 aromatic rings. The molecule has 40 heavy (non-hydrogen) atoms. The first kappa shape index (κ1) is 29.0. The summed E-state index contributed by atoms with van der Waals surface area (Å²) in [5, 5.41) is 0. The van der Waals surface area contributed by atoms with Crippen molar-refractivity contribution in [2.24, 2.45) is 10.9 Å². The van der Waals surface area contributed by atoms with E-state index in [0.717, 1.165) is 25.0 Å². The van der Waals surface area contributed by atoms with E-state index in [4.69, 9.17) is 0 Å². The van der Waals surface area contributed by atoms with Gasteiger partial charge in [0.25, 0.3) is 0 Å². The summed E-state index contributed by atoms with van der Waals surface area (Å²) in [4.78, 5) is 4.67. The number of aliphatic imine (C=N–C) groups is 1. The second kappa shape index (κ2) is 13.9. The van der Waals surface area contributed by atoms with Crippen LogP contribution >= 0.6 is 0 Å². The van der Waals surface area contributed by atoms with Crippen molar-refractivity contribution in [2.45, 2.75) is 58.3 Å². The molecule has 1 heteroatoms. The van der Waals surface area contributed by atoms with Crippen LogP contribution in [0.15, 0.2) is 133 Å². The first-order valence-electron chi connectivity index (χ1n) is 14.6. The van der Waals surface area contributed by atoms with Crippen LogP contribution in [0.2, 0.25) is 0 Å². The predicted molar refractivity (Wildman–Crippen MR) is 176 cm³/mol. The molecule has 0 bridgehead atoms. The summed E-state index contributed by atoms with van der Waals surface area (Å²) in [6.07, 6.45) is 22.0. The molecule has 0 amide bonds. The van der Waals surface area contributed by atoms with Crippen LogP contribution in [0.3, 0.4) is 0 Å². The van der Waals surface area contributed by atoms with E-state index in [1.54, 1.807) is 0 Å². The first-order valence-corrected chi connectivity index (χ1v) is 14.6. The molecule has 204 valence electrons. The highest BCUT2D eigenvalue weighted by Crippen LogP contribution is 2.51. The molecule has 0 spiro atoms. The second-order valence-corrected chi connectivity index (χ2v) is 11.1. The lowest BCUT2D eigenvalue weighted by Crippen LogP contribution is -2.23. The smallest absolute Gasteiger partial charge is 0.0400 e. The van der Waals surface area contributed by atoms with Crippen molar-refractivity contribution in [3.05, 3.63) is 150 Å². The summed E-state index contributed by atoms with van der Waals surface area (Å²) in [7, 11) is 0. The van der Waals surface area contributed by atoms with Gasteiger partial charge < -0.3 is 0 Å². The minimum Gasteiger partial charge on any atom is -0.266 e. The number of allylic oxidation sites excluding steroid dienone is 7. The molecular formula is C39H43N. The van der Waals surface area contributed by atoms with Crippen LogP contribution in [-0.4, -0.2) is 6.21 Å². The zero-order valence-corrected chi connectivity index (χ0v) is 24.6. The van der Waals surface area contributed by atoms with Crippen LogP contribution < -0.4 is 0 Å². The van der Waals surface area contributed by atoms with E-state index in [1.807, 2.05) is 19.2 Å². The minimum absolute atomic E-state index is 0.0869. The average molecular weight is 526 g/mol. The summed E-state index contributed by atoms with van der Waals surface area (Å²) in [5.41, 5.74) is 9.05. The second-order valence-electron chi connectivity index (χ2n) is 11.1. The van der Waals surface area contributed by atoms with Gasteiger partial charge in [-0.15, -0.1) is 6.58 Å². The fourth-order valence-electron chi connectivity index (χ4n) is 5.75. The lowest BCUT2D eigenvalue weighted by molar-refractivity contribution is 0.398. The Kier molecular flexibility index (Phi) is 10.1. The molecule has 0 aliphatic heterocycles. The molecule has 1 nitrogen and oxygen atoms in total. The van der Waals surface area contributed by atoms with E-state index in [9.17, 15) is 0 Å². The van der Waals surface area contributed by atoms with Crippen LogP contribution in [0.4, 0.5) is 0 Å². The Labute approximate surface area is 242 Å². The van der Waals surface area contributed by atoms with Crippen molar-refractivity contribution in [1.82, 2.24) is 0 Å². The van der Waals surface area contributed by atoms with Gasteiger partial charge in [0.1, 0.15) is 0 Å². The number of hydrogen-bond donors (Lipinski definition) is 0. The maximum atomic E-state index is 4.67. The summed E-state index contributed by atoms with van der Waals surface area (Å²) >= 11 is 0. The Bertz CT molecular complexity index is 1430. The summed E-state index contributed by atoms with van der Waals surface area (Å²) < 4.78 is 0. The van der Waals surface area contributed by atoms with Gasteiger partial charge in [-0.2, -0.15) is 0 Å². The fourth-order valence-corrected chi connectivity index (χ4v) is 5.75. The summed E-state index contributed by atoms with van der Waals surface area (Å²) in [6, 6.07) is 26.6. The average Bonchev–Trinajstić information content (AvgIpc) is 3.20. The minimum atomic E-state index is 0.0869. The van der Waals surface area contributed by atoms with Crippen LogP contribution in [0.25, 0.3) is 17.2 Å². The van der Waals surface area contributed by atoms with Crippen molar-refractivity contribution in [2.75, 3.05) is 0 Å². The van der Waals surface area contributed by atoms with Gasteiger partial charge in [0, 0.05) is 24.3 Å². The highest BCUT2D eigenvalue weighted by molar-refractivity contribution is 5.67. The molecule has 1 aliphatic carbocycles. The van der Waals surface area contributed by atoms with Crippen molar-refractivity contribution in [3.63, 3.8) is 0 Å². The van der Waals surface area contributed by atoms with E-state index in [0.29, 0.717) is 11.8 Å². The molecule has 0 aromatic heterocycles. The molecule has 2 unspecified atom stereocenters. The summed E-state index contributed by atoms with van der Waals surface area (Å²) in [6.45, 7) is 13.0. The van der Waals surface area contributed by atoms with Gasteiger partial charge in [-0.3, -0.25) is 4.99 Å². The third kappa shape index (κ3) is 6.96. The number of fused-ring (bicyclic) bond motifs is 1. The highest BCUT2D eigenvalue weighted by atomic mass is 14.7. The maximum Gasteiger partial charge on any atom is 0.0400 e. The number of hydrogen-bond acceptors (Lipinski definition) is 1. The molecule has 0 fully saturated rings. The SMILES string of the molecule is C=CC1C(/C=C/c2ccc(-c3cccc(C/C=C(C/C=C\C=C/C)\N=C/CC)c3)cc2)c2ccccc2C1(C)C. The number of nitrogens with zero attached hydrogens (tertiary/aromatic N) is 1. The Morgan fingerprint density at radius 2 is 1.75 bits per heavy atom. The monoisotopic (exact) mass is 525 g/mol. The Balaban J connectivity index is 1.48. The normalized spacial score (nSPS) is 18.9. The topological polar surface area (TPSA) is 12.4 Å². The van der Waals surface area contributed by atoms with Crippen molar-refractivity contribution >= 4 is 12.3 Å². The molecule has 1 aliphatic rings. The number of benzene rings is 3. The van der Waals surface area contributed by atoms with E-state index in [1.165, 1.54) is 33.4 Å². The number of rotatable bonds is 11. The van der Waals surface area contributed by atoms with Gasteiger partial charge in [-0.05, 0) is 64.5 Å². The first-order chi connectivity index (χ1) is 19.5. The Morgan fingerprint density at radius 1 is 0.950 bits per heavy atom. The van der Waals surface area contributed by atoms with E-state index in [-0.39, 0.29) is 5.41 Å². The van der Waals surface area contributed by atoms with Gasteiger partial charge in [-0.25, -0.2) is 0 Å². The van der Waals surface area contributed by atoms with Crippen molar-refractivity contribution in [3.8, 4) is 11.1 Å². The van der Waals surface area contributed by atoms with Gasteiger partial charge in [-0.1, -0.05) is 142 Å². The Morgan fingerprint density at radius 3 is 2.50 bits per heavy atom. The quantitative estimate of drug-likeness (QED) is 0.134. The molecule has 2 atom stereocenters. The van der Waals surface area contributed by atoms with Gasteiger partial charge in [0.2, 0.25) is 0 Å². The van der Waals surface area contributed by atoms with Gasteiger partial charge >= 0.3 is 0 Å². The van der Waals surface area contributed by atoms with Gasteiger partial charge in [0.05, 0.1) is 0 Å².